The standard InChI is InChI=1S/C14H22ClN3/c1-3-13-11-17(2)8-5-9-18(13)10-12-6-4-7-16-14(12)15/h4,6-7,13H,3,5,8-11H2,1-2H3. The second-order valence-electron chi connectivity index (χ2n) is 5.10. The molecule has 0 radical (unpaired) electrons. The Morgan fingerprint density at radius 3 is 3.00 bits per heavy atom. The van der Waals surface area contributed by atoms with Gasteiger partial charge in [0, 0.05) is 37.4 Å². The summed E-state index contributed by atoms with van der Waals surface area (Å²) in [5, 5.41) is 0.643. The molecule has 0 aliphatic carbocycles. The van der Waals surface area contributed by atoms with Gasteiger partial charge in [0.1, 0.15) is 5.15 Å². The number of aromatic nitrogens is 1. The van der Waals surface area contributed by atoms with Gasteiger partial charge >= 0.3 is 0 Å². The number of likely N-dealkylation sites (N-methyl/N-ethyl adjacent to an activating group) is 1. The van der Waals surface area contributed by atoms with E-state index in [9.17, 15) is 0 Å². The van der Waals surface area contributed by atoms with Crippen molar-refractivity contribution in [3.63, 3.8) is 0 Å². The Balaban J connectivity index is 2.08. The summed E-state index contributed by atoms with van der Waals surface area (Å²) in [5.74, 6) is 0. The molecule has 1 aromatic heterocycles. The maximum Gasteiger partial charge on any atom is 0.133 e. The van der Waals surface area contributed by atoms with Crippen LogP contribution in [0.3, 0.4) is 0 Å². The molecular weight excluding hydrogens is 246 g/mol. The molecule has 0 amide bonds. The zero-order valence-electron chi connectivity index (χ0n) is 11.3. The Morgan fingerprint density at radius 2 is 2.28 bits per heavy atom. The molecule has 1 fully saturated rings. The van der Waals surface area contributed by atoms with Crippen molar-refractivity contribution < 1.29 is 0 Å². The maximum absolute atomic E-state index is 6.16. The van der Waals surface area contributed by atoms with Gasteiger partial charge in [-0.1, -0.05) is 24.6 Å². The van der Waals surface area contributed by atoms with Crippen molar-refractivity contribution in [3.05, 3.63) is 29.0 Å². The minimum absolute atomic E-state index is 0.619. The van der Waals surface area contributed by atoms with Crippen molar-refractivity contribution >= 4 is 11.6 Å². The molecule has 1 atom stereocenters. The molecule has 0 N–H and O–H groups in total. The molecule has 1 saturated heterocycles. The topological polar surface area (TPSA) is 19.4 Å². The van der Waals surface area contributed by atoms with E-state index in [4.69, 9.17) is 11.6 Å². The normalized spacial score (nSPS) is 22.9. The first-order valence-corrected chi connectivity index (χ1v) is 7.10. The Morgan fingerprint density at radius 1 is 1.44 bits per heavy atom. The number of nitrogens with zero attached hydrogens (tertiary/aromatic N) is 3. The van der Waals surface area contributed by atoms with Crippen molar-refractivity contribution in [1.82, 2.24) is 14.8 Å². The van der Waals surface area contributed by atoms with E-state index in [1.54, 1.807) is 6.20 Å². The van der Waals surface area contributed by atoms with Crippen LogP contribution in [-0.2, 0) is 6.54 Å². The Kier molecular flexibility index (Phi) is 4.98. The van der Waals surface area contributed by atoms with Gasteiger partial charge in [-0.3, -0.25) is 4.90 Å². The highest BCUT2D eigenvalue weighted by Gasteiger charge is 2.22. The maximum atomic E-state index is 6.16. The van der Waals surface area contributed by atoms with Gasteiger partial charge in [0.2, 0.25) is 0 Å². The van der Waals surface area contributed by atoms with Gasteiger partial charge in [0.15, 0.2) is 0 Å². The highest BCUT2D eigenvalue weighted by molar-refractivity contribution is 6.30. The molecule has 1 aromatic rings. The first-order valence-electron chi connectivity index (χ1n) is 6.72. The van der Waals surface area contributed by atoms with Gasteiger partial charge in [0.25, 0.3) is 0 Å². The average Bonchev–Trinajstić information content (AvgIpc) is 2.54. The smallest absolute Gasteiger partial charge is 0.133 e. The number of hydrogen-bond donors (Lipinski definition) is 0. The third-order valence-electron chi connectivity index (χ3n) is 3.70. The van der Waals surface area contributed by atoms with Crippen LogP contribution in [0.15, 0.2) is 18.3 Å². The van der Waals surface area contributed by atoms with Crippen LogP contribution in [-0.4, -0.2) is 47.5 Å². The molecule has 1 aliphatic heterocycles. The molecule has 2 heterocycles. The van der Waals surface area contributed by atoms with Gasteiger partial charge < -0.3 is 4.90 Å². The summed E-state index contributed by atoms with van der Waals surface area (Å²) < 4.78 is 0. The van der Waals surface area contributed by atoms with E-state index in [2.05, 4.69) is 34.8 Å². The number of rotatable bonds is 3. The summed E-state index contributed by atoms with van der Waals surface area (Å²) in [7, 11) is 2.21. The summed E-state index contributed by atoms with van der Waals surface area (Å²) in [6.07, 6.45) is 4.16. The lowest BCUT2D eigenvalue weighted by molar-refractivity contribution is 0.176. The van der Waals surface area contributed by atoms with Crippen molar-refractivity contribution in [1.29, 1.82) is 0 Å². The Labute approximate surface area is 115 Å². The minimum atomic E-state index is 0.619. The van der Waals surface area contributed by atoms with Crippen LogP contribution in [0.5, 0.6) is 0 Å². The number of pyridine rings is 1. The predicted molar refractivity (Wildman–Crippen MR) is 75.9 cm³/mol. The fourth-order valence-electron chi connectivity index (χ4n) is 2.64. The molecule has 3 nitrogen and oxygen atoms in total. The van der Waals surface area contributed by atoms with Crippen LogP contribution in [0, 0.1) is 0 Å². The zero-order chi connectivity index (χ0) is 13.0. The van der Waals surface area contributed by atoms with Crippen LogP contribution in [0.4, 0.5) is 0 Å². The van der Waals surface area contributed by atoms with Crippen LogP contribution >= 0.6 is 11.6 Å². The third-order valence-corrected chi connectivity index (χ3v) is 4.05. The molecule has 0 saturated carbocycles. The van der Waals surface area contributed by atoms with Crippen molar-refractivity contribution in [2.24, 2.45) is 0 Å². The van der Waals surface area contributed by atoms with E-state index < -0.39 is 0 Å². The van der Waals surface area contributed by atoms with E-state index in [0.717, 1.165) is 25.2 Å². The predicted octanol–water partition coefficient (Wildman–Crippen LogP) is 2.65. The molecular formula is C14H22ClN3. The largest absolute Gasteiger partial charge is 0.305 e. The van der Waals surface area contributed by atoms with Gasteiger partial charge in [-0.25, -0.2) is 4.98 Å². The summed E-state index contributed by atoms with van der Waals surface area (Å²) in [5.41, 5.74) is 1.14. The van der Waals surface area contributed by atoms with Gasteiger partial charge in [0.05, 0.1) is 0 Å². The Bertz CT molecular complexity index is 383. The molecule has 1 aliphatic rings. The van der Waals surface area contributed by atoms with Crippen molar-refractivity contribution in [3.8, 4) is 0 Å². The third kappa shape index (κ3) is 3.44. The summed E-state index contributed by atoms with van der Waals surface area (Å²) in [6.45, 7) is 6.66. The minimum Gasteiger partial charge on any atom is -0.305 e. The van der Waals surface area contributed by atoms with Gasteiger partial charge in [-0.05, 0) is 32.5 Å². The van der Waals surface area contributed by atoms with E-state index in [1.165, 1.54) is 19.4 Å². The Hall–Kier alpha value is -0.640. The monoisotopic (exact) mass is 267 g/mol. The molecule has 1 unspecified atom stereocenters. The van der Waals surface area contributed by atoms with Crippen LogP contribution < -0.4 is 0 Å². The van der Waals surface area contributed by atoms with E-state index in [-0.39, 0.29) is 0 Å². The highest BCUT2D eigenvalue weighted by Crippen LogP contribution is 2.19. The molecule has 4 heteroatoms. The van der Waals surface area contributed by atoms with Crippen LogP contribution in [0.1, 0.15) is 25.3 Å². The number of hydrogen-bond acceptors (Lipinski definition) is 3. The molecule has 0 spiro atoms. The van der Waals surface area contributed by atoms with Crippen molar-refractivity contribution in [2.45, 2.75) is 32.4 Å². The molecule has 2 rings (SSSR count). The van der Waals surface area contributed by atoms with Gasteiger partial charge in [-0.2, -0.15) is 0 Å². The summed E-state index contributed by atoms with van der Waals surface area (Å²) >= 11 is 6.16. The second-order valence-corrected chi connectivity index (χ2v) is 5.46. The lowest BCUT2D eigenvalue weighted by atomic mass is 10.1. The van der Waals surface area contributed by atoms with Crippen molar-refractivity contribution in [2.75, 3.05) is 26.7 Å². The lowest BCUT2D eigenvalue weighted by Gasteiger charge is -2.30. The molecule has 0 aromatic carbocycles. The quantitative estimate of drug-likeness (QED) is 0.785. The molecule has 100 valence electrons. The SMILES string of the molecule is CCC1CN(C)CCCN1Cc1cccnc1Cl. The fraction of sp³-hybridized carbons (Fsp3) is 0.643. The van der Waals surface area contributed by atoms with E-state index >= 15 is 0 Å². The van der Waals surface area contributed by atoms with E-state index in [0.29, 0.717) is 11.2 Å². The number of halogens is 1. The molecule has 0 bridgehead atoms. The summed E-state index contributed by atoms with van der Waals surface area (Å²) in [4.78, 5) is 9.14. The lowest BCUT2D eigenvalue weighted by Crippen LogP contribution is -2.39. The highest BCUT2D eigenvalue weighted by atomic mass is 35.5. The van der Waals surface area contributed by atoms with Gasteiger partial charge in [-0.15, -0.1) is 0 Å². The van der Waals surface area contributed by atoms with Crippen LogP contribution in [0.2, 0.25) is 5.15 Å². The average molecular weight is 268 g/mol. The summed E-state index contributed by atoms with van der Waals surface area (Å²) in [6, 6.07) is 4.66. The zero-order valence-corrected chi connectivity index (χ0v) is 12.0. The fourth-order valence-corrected chi connectivity index (χ4v) is 2.82. The molecule has 18 heavy (non-hydrogen) atoms. The first kappa shape index (κ1) is 13.8. The first-order chi connectivity index (χ1) is 8.70. The van der Waals surface area contributed by atoms with E-state index in [1.807, 2.05) is 6.07 Å². The second kappa shape index (κ2) is 6.50. The van der Waals surface area contributed by atoms with Crippen LogP contribution in [0.25, 0.3) is 0 Å².